The lowest BCUT2D eigenvalue weighted by molar-refractivity contribution is 0.609. The standard InChI is InChI=1S/C21H23NO2/c1-3-4-7-16-10-12-17(13-11-16)14-22-21-15(2)20(23)18-8-5-6-9-19(18)24-21/h5-6,8-13,22H,3-4,7,14H2,1-2H3. The van der Waals surface area contributed by atoms with Crippen molar-refractivity contribution >= 4 is 16.9 Å². The third-order valence-electron chi connectivity index (χ3n) is 4.32. The molecule has 0 aliphatic rings. The maximum atomic E-state index is 12.4. The summed E-state index contributed by atoms with van der Waals surface area (Å²) >= 11 is 0. The van der Waals surface area contributed by atoms with Crippen LogP contribution in [0.4, 0.5) is 5.88 Å². The minimum atomic E-state index is 0.0225. The third-order valence-corrected chi connectivity index (χ3v) is 4.32. The van der Waals surface area contributed by atoms with Crippen LogP contribution in [0.25, 0.3) is 11.0 Å². The average Bonchev–Trinajstić information content (AvgIpc) is 2.62. The Balaban J connectivity index is 1.76. The Morgan fingerprint density at radius 2 is 1.71 bits per heavy atom. The highest BCUT2D eigenvalue weighted by Gasteiger charge is 2.10. The summed E-state index contributed by atoms with van der Waals surface area (Å²) in [5.74, 6) is 0.550. The van der Waals surface area contributed by atoms with Gasteiger partial charge in [-0.15, -0.1) is 0 Å². The number of rotatable bonds is 6. The summed E-state index contributed by atoms with van der Waals surface area (Å²) < 4.78 is 5.86. The molecule has 3 aromatic rings. The predicted molar refractivity (Wildman–Crippen MR) is 99.6 cm³/mol. The molecule has 3 rings (SSSR count). The SMILES string of the molecule is CCCCc1ccc(CNc2oc3ccccc3c(=O)c2C)cc1. The summed E-state index contributed by atoms with van der Waals surface area (Å²) in [5, 5.41) is 3.88. The molecule has 0 bridgehead atoms. The Morgan fingerprint density at radius 3 is 2.46 bits per heavy atom. The second-order valence-corrected chi connectivity index (χ2v) is 6.16. The fourth-order valence-electron chi connectivity index (χ4n) is 2.79. The van der Waals surface area contributed by atoms with E-state index in [-0.39, 0.29) is 5.43 Å². The molecule has 0 saturated heterocycles. The molecule has 0 radical (unpaired) electrons. The summed E-state index contributed by atoms with van der Waals surface area (Å²) in [5.41, 5.74) is 3.80. The molecule has 0 spiro atoms. The number of unbranched alkanes of at least 4 members (excludes halogenated alkanes) is 1. The van der Waals surface area contributed by atoms with Crippen LogP contribution in [-0.2, 0) is 13.0 Å². The number of hydrogen-bond donors (Lipinski definition) is 1. The van der Waals surface area contributed by atoms with Crippen LogP contribution in [0, 0.1) is 6.92 Å². The smallest absolute Gasteiger partial charge is 0.200 e. The number of para-hydroxylation sites is 1. The first-order chi connectivity index (χ1) is 11.7. The second kappa shape index (κ2) is 7.35. The van der Waals surface area contributed by atoms with Gasteiger partial charge in [-0.05, 0) is 43.0 Å². The molecule has 0 amide bonds. The summed E-state index contributed by atoms with van der Waals surface area (Å²) in [6.07, 6.45) is 3.56. The molecule has 0 aliphatic heterocycles. The number of hydrogen-bond acceptors (Lipinski definition) is 3. The Kier molecular flexibility index (Phi) is 4.99. The van der Waals surface area contributed by atoms with Crippen molar-refractivity contribution in [2.24, 2.45) is 0 Å². The van der Waals surface area contributed by atoms with E-state index in [0.29, 0.717) is 29.0 Å². The molecule has 0 fully saturated rings. The quantitative estimate of drug-likeness (QED) is 0.690. The van der Waals surface area contributed by atoms with Crippen LogP contribution >= 0.6 is 0 Å². The van der Waals surface area contributed by atoms with Crippen molar-refractivity contribution in [3.63, 3.8) is 0 Å². The van der Waals surface area contributed by atoms with Gasteiger partial charge in [0.15, 0.2) is 5.43 Å². The highest BCUT2D eigenvalue weighted by Crippen LogP contribution is 2.20. The van der Waals surface area contributed by atoms with Gasteiger partial charge in [-0.1, -0.05) is 49.7 Å². The van der Waals surface area contributed by atoms with Crippen molar-refractivity contribution in [1.82, 2.24) is 0 Å². The summed E-state index contributed by atoms with van der Waals surface area (Å²) in [4.78, 5) is 12.4. The molecule has 1 aromatic heterocycles. The first kappa shape index (κ1) is 16.3. The minimum Gasteiger partial charge on any atom is -0.440 e. The molecule has 0 unspecified atom stereocenters. The van der Waals surface area contributed by atoms with Gasteiger partial charge >= 0.3 is 0 Å². The lowest BCUT2D eigenvalue weighted by Gasteiger charge is -2.10. The van der Waals surface area contributed by atoms with Gasteiger partial charge in [0, 0.05) is 6.54 Å². The molecule has 3 heteroatoms. The van der Waals surface area contributed by atoms with Crippen molar-refractivity contribution in [1.29, 1.82) is 0 Å². The second-order valence-electron chi connectivity index (χ2n) is 6.16. The summed E-state index contributed by atoms with van der Waals surface area (Å²) in [7, 11) is 0. The highest BCUT2D eigenvalue weighted by molar-refractivity contribution is 5.78. The molecule has 2 aromatic carbocycles. The van der Waals surface area contributed by atoms with Crippen LogP contribution in [0.2, 0.25) is 0 Å². The van der Waals surface area contributed by atoms with Crippen LogP contribution in [0.15, 0.2) is 57.7 Å². The van der Waals surface area contributed by atoms with E-state index >= 15 is 0 Å². The van der Waals surface area contributed by atoms with Gasteiger partial charge in [-0.3, -0.25) is 4.79 Å². The Bertz CT molecular complexity index is 878. The number of fused-ring (bicyclic) bond motifs is 1. The number of benzene rings is 2. The molecule has 0 atom stereocenters. The summed E-state index contributed by atoms with van der Waals surface area (Å²) in [6.45, 7) is 4.64. The van der Waals surface area contributed by atoms with Crippen LogP contribution in [0.5, 0.6) is 0 Å². The van der Waals surface area contributed by atoms with E-state index in [4.69, 9.17) is 4.42 Å². The average molecular weight is 321 g/mol. The minimum absolute atomic E-state index is 0.0225. The molecule has 3 nitrogen and oxygen atoms in total. The Morgan fingerprint density at radius 1 is 1.00 bits per heavy atom. The lowest BCUT2D eigenvalue weighted by atomic mass is 10.1. The van der Waals surface area contributed by atoms with Gasteiger partial charge < -0.3 is 9.73 Å². The van der Waals surface area contributed by atoms with Crippen molar-refractivity contribution in [2.45, 2.75) is 39.7 Å². The molecule has 0 saturated carbocycles. The summed E-state index contributed by atoms with van der Waals surface area (Å²) in [6, 6.07) is 16.0. The zero-order chi connectivity index (χ0) is 16.9. The maximum absolute atomic E-state index is 12.4. The van der Waals surface area contributed by atoms with Crippen molar-refractivity contribution in [3.05, 3.63) is 75.4 Å². The van der Waals surface area contributed by atoms with Crippen LogP contribution < -0.4 is 10.7 Å². The normalized spacial score (nSPS) is 10.9. The fraction of sp³-hybridized carbons (Fsp3) is 0.286. The fourth-order valence-corrected chi connectivity index (χ4v) is 2.79. The zero-order valence-corrected chi connectivity index (χ0v) is 14.3. The van der Waals surface area contributed by atoms with E-state index in [0.717, 1.165) is 6.42 Å². The van der Waals surface area contributed by atoms with Gasteiger partial charge in [0.2, 0.25) is 5.88 Å². The third kappa shape index (κ3) is 3.51. The molecular weight excluding hydrogens is 298 g/mol. The van der Waals surface area contributed by atoms with Gasteiger partial charge in [0.1, 0.15) is 5.58 Å². The Labute approximate surface area is 142 Å². The molecule has 0 aliphatic carbocycles. The predicted octanol–water partition coefficient (Wildman–Crippen LogP) is 5.06. The van der Waals surface area contributed by atoms with Crippen LogP contribution in [0.1, 0.15) is 36.5 Å². The van der Waals surface area contributed by atoms with Gasteiger partial charge in [-0.2, -0.15) is 0 Å². The van der Waals surface area contributed by atoms with Gasteiger partial charge in [0.25, 0.3) is 0 Å². The molecule has 1 N–H and O–H groups in total. The number of nitrogens with one attached hydrogen (secondary N) is 1. The van der Waals surface area contributed by atoms with Crippen molar-refractivity contribution < 1.29 is 4.42 Å². The van der Waals surface area contributed by atoms with E-state index < -0.39 is 0 Å². The zero-order valence-electron chi connectivity index (χ0n) is 14.3. The molecule has 24 heavy (non-hydrogen) atoms. The Hall–Kier alpha value is -2.55. The topological polar surface area (TPSA) is 42.2 Å². The number of anilines is 1. The van der Waals surface area contributed by atoms with Gasteiger partial charge in [-0.25, -0.2) is 0 Å². The largest absolute Gasteiger partial charge is 0.440 e. The van der Waals surface area contributed by atoms with Crippen LogP contribution in [-0.4, -0.2) is 0 Å². The lowest BCUT2D eigenvalue weighted by Crippen LogP contribution is -2.10. The van der Waals surface area contributed by atoms with Crippen molar-refractivity contribution in [3.8, 4) is 0 Å². The maximum Gasteiger partial charge on any atom is 0.200 e. The van der Waals surface area contributed by atoms with Gasteiger partial charge in [0.05, 0.1) is 10.9 Å². The molecule has 1 heterocycles. The van der Waals surface area contributed by atoms with Crippen molar-refractivity contribution in [2.75, 3.05) is 5.32 Å². The molecular formula is C21H23NO2. The number of aryl methyl sites for hydroxylation is 1. The van der Waals surface area contributed by atoms with E-state index in [2.05, 4.69) is 36.5 Å². The van der Waals surface area contributed by atoms with Crippen LogP contribution in [0.3, 0.4) is 0 Å². The van der Waals surface area contributed by atoms with E-state index in [1.165, 1.54) is 24.0 Å². The molecule has 124 valence electrons. The van der Waals surface area contributed by atoms with E-state index in [1.807, 2.05) is 18.2 Å². The van der Waals surface area contributed by atoms with E-state index in [1.54, 1.807) is 13.0 Å². The first-order valence-corrected chi connectivity index (χ1v) is 8.53. The van der Waals surface area contributed by atoms with E-state index in [9.17, 15) is 4.79 Å². The monoisotopic (exact) mass is 321 g/mol. The first-order valence-electron chi connectivity index (χ1n) is 8.53. The highest BCUT2D eigenvalue weighted by atomic mass is 16.3.